The van der Waals surface area contributed by atoms with Gasteiger partial charge in [-0.2, -0.15) is 15.0 Å². The van der Waals surface area contributed by atoms with Gasteiger partial charge in [0.25, 0.3) is 0 Å². The van der Waals surface area contributed by atoms with Gasteiger partial charge < -0.3 is 10.5 Å². The van der Waals surface area contributed by atoms with Gasteiger partial charge in [0.15, 0.2) is 5.82 Å². The van der Waals surface area contributed by atoms with Crippen molar-refractivity contribution in [1.29, 1.82) is 0 Å². The molecule has 0 unspecified atom stereocenters. The zero-order valence-electron chi connectivity index (χ0n) is 9.44. The van der Waals surface area contributed by atoms with Crippen molar-refractivity contribution in [2.75, 3.05) is 12.8 Å². The van der Waals surface area contributed by atoms with Gasteiger partial charge in [-0.05, 0) is 18.6 Å². The Morgan fingerprint density at radius 1 is 1.24 bits per heavy atom. The Hall–Kier alpha value is -2.24. The Kier molecular flexibility index (Phi) is 2.86. The van der Waals surface area contributed by atoms with E-state index in [1.54, 1.807) is 19.1 Å². The third-order valence-corrected chi connectivity index (χ3v) is 2.32. The van der Waals surface area contributed by atoms with Gasteiger partial charge >= 0.3 is 6.01 Å². The number of nitrogen functional groups attached to an aromatic ring is 1. The largest absolute Gasteiger partial charge is 0.467 e. The van der Waals surface area contributed by atoms with Crippen LogP contribution in [0.1, 0.15) is 5.56 Å². The van der Waals surface area contributed by atoms with Crippen molar-refractivity contribution < 1.29 is 9.13 Å². The Bertz CT molecular complexity index is 559. The molecule has 2 aromatic rings. The molecular formula is C11H11FN4O. The number of ether oxygens (including phenoxy) is 1. The van der Waals surface area contributed by atoms with Crippen molar-refractivity contribution in [1.82, 2.24) is 15.0 Å². The minimum Gasteiger partial charge on any atom is -0.467 e. The Labute approximate surface area is 97.5 Å². The van der Waals surface area contributed by atoms with E-state index in [4.69, 9.17) is 10.5 Å². The average molecular weight is 234 g/mol. The first-order valence-electron chi connectivity index (χ1n) is 4.93. The summed E-state index contributed by atoms with van der Waals surface area (Å²) in [5, 5.41) is 0. The van der Waals surface area contributed by atoms with Crippen molar-refractivity contribution in [3.63, 3.8) is 0 Å². The molecule has 0 spiro atoms. The molecular weight excluding hydrogens is 223 g/mol. The first-order chi connectivity index (χ1) is 8.11. The number of halogens is 1. The van der Waals surface area contributed by atoms with E-state index in [0.717, 1.165) is 0 Å². The minimum absolute atomic E-state index is 0.0375. The molecule has 0 atom stereocenters. The standard InChI is InChI=1S/C11H11FN4O/c1-6-7(4-3-5-8(6)12)9-14-10(13)16-11(15-9)17-2/h3-5H,1-2H3,(H2,13,14,15,16). The molecule has 0 bridgehead atoms. The molecule has 1 aromatic heterocycles. The normalized spacial score (nSPS) is 10.3. The topological polar surface area (TPSA) is 73.9 Å². The van der Waals surface area contributed by atoms with Gasteiger partial charge in [0.1, 0.15) is 5.82 Å². The highest BCUT2D eigenvalue weighted by atomic mass is 19.1. The summed E-state index contributed by atoms with van der Waals surface area (Å²) in [4.78, 5) is 11.8. The van der Waals surface area contributed by atoms with Crippen LogP contribution in [0, 0.1) is 12.7 Å². The summed E-state index contributed by atoms with van der Waals surface area (Å²) in [7, 11) is 1.43. The van der Waals surface area contributed by atoms with E-state index in [9.17, 15) is 4.39 Å². The number of nitrogens with two attached hydrogens (primary N) is 1. The highest BCUT2D eigenvalue weighted by Crippen LogP contribution is 2.23. The van der Waals surface area contributed by atoms with Crippen LogP contribution >= 0.6 is 0 Å². The Morgan fingerprint density at radius 3 is 2.71 bits per heavy atom. The quantitative estimate of drug-likeness (QED) is 0.853. The second-order valence-corrected chi connectivity index (χ2v) is 3.42. The highest BCUT2D eigenvalue weighted by Gasteiger charge is 2.11. The van der Waals surface area contributed by atoms with E-state index in [1.165, 1.54) is 13.2 Å². The van der Waals surface area contributed by atoms with Gasteiger partial charge in [0.2, 0.25) is 5.95 Å². The number of rotatable bonds is 2. The molecule has 1 aromatic carbocycles. The second-order valence-electron chi connectivity index (χ2n) is 3.42. The summed E-state index contributed by atoms with van der Waals surface area (Å²) < 4.78 is 18.3. The smallest absolute Gasteiger partial charge is 0.321 e. The summed E-state index contributed by atoms with van der Waals surface area (Å²) in [6.07, 6.45) is 0. The molecule has 2 N–H and O–H groups in total. The van der Waals surface area contributed by atoms with Gasteiger partial charge in [0.05, 0.1) is 7.11 Å². The number of hydrogen-bond acceptors (Lipinski definition) is 5. The minimum atomic E-state index is -0.319. The summed E-state index contributed by atoms with van der Waals surface area (Å²) in [5.74, 6) is 0.0160. The van der Waals surface area contributed by atoms with Crippen LogP contribution in [0.15, 0.2) is 18.2 Å². The SMILES string of the molecule is COc1nc(N)nc(-c2cccc(F)c2C)n1. The number of hydrogen-bond donors (Lipinski definition) is 1. The van der Waals surface area contributed by atoms with Gasteiger partial charge in [-0.3, -0.25) is 0 Å². The Balaban J connectivity index is 2.60. The molecule has 0 fully saturated rings. The first-order valence-corrected chi connectivity index (χ1v) is 4.93. The van der Waals surface area contributed by atoms with Crippen molar-refractivity contribution in [2.45, 2.75) is 6.92 Å². The molecule has 0 saturated heterocycles. The molecule has 0 aliphatic carbocycles. The van der Waals surface area contributed by atoms with E-state index in [0.29, 0.717) is 17.0 Å². The van der Waals surface area contributed by atoms with Crippen LogP contribution in [0.5, 0.6) is 6.01 Å². The van der Waals surface area contributed by atoms with Crippen molar-refractivity contribution >= 4 is 5.95 Å². The van der Waals surface area contributed by atoms with Crippen LogP contribution in [0.3, 0.4) is 0 Å². The predicted molar refractivity (Wildman–Crippen MR) is 60.9 cm³/mol. The fourth-order valence-corrected chi connectivity index (χ4v) is 1.43. The molecule has 0 saturated carbocycles. The molecule has 17 heavy (non-hydrogen) atoms. The lowest BCUT2D eigenvalue weighted by Gasteiger charge is -2.06. The molecule has 0 aliphatic rings. The monoisotopic (exact) mass is 234 g/mol. The van der Waals surface area contributed by atoms with Gasteiger partial charge in [-0.25, -0.2) is 4.39 Å². The number of aromatic nitrogens is 3. The maximum absolute atomic E-state index is 13.4. The number of benzene rings is 1. The van der Waals surface area contributed by atoms with Gasteiger partial charge in [-0.15, -0.1) is 0 Å². The van der Waals surface area contributed by atoms with Gasteiger partial charge in [0, 0.05) is 5.56 Å². The highest BCUT2D eigenvalue weighted by molar-refractivity contribution is 5.61. The summed E-state index contributed by atoms with van der Waals surface area (Å²) in [5.41, 5.74) is 6.55. The van der Waals surface area contributed by atoms with E-state index >= 15 is 0 Å². The molecule has 0 aliphatic heterocycles. The lowest BCUT2D eigenvalue weighted by Crippen LogP contribution is -2.03. The van der Waals surface area contributed by atoms with Crippen LogP contribution in [0.4, 0.5) is 10.3 Å². The summed E-state index contributed by atoms with van der Waals surface area (Å²) in [6.45, 7) is 1.65. The van der Waals surface area contributed by atoms with E-state index in [1.807, 2.05) is 0 Å². The van der Waals surface area contributed by atoms with E-state index < -0.39 is 0 Å². The zero-order chi connectivity index (χ0) is 12.4. The number of nitrogens with zero attached hydrogens (tertiary/aromatic N) is 3. The predicted octanol–water partition coefficient (Wildman–Crippen LogP) is 1.58. The van der Waals surface area contributed by atoms with Crippen LogP contribution in [0.2, 0.25) is 0 Å². The maximum Gasteiger partial charge on any atom is 0.321 e. The van der Waals surface area contributed by atoms with E-state index in [2.05, 4.69) is 15.0 Å². The van der Waals surface area contributed by atoms with Crippen molar-refractivity contribution in [2.24, 2.45) is 0 Å². The average Bonchev–Trinajstić information content (AvgIpc) is 2.31. The second kappa shape index (κ2) is 4.32. The molecule has 6 heteroatoms. The fraction of sp³-hybridized carbons (Fsp3) is 0.182. The van der Waals surface area contributed by atoms with Crippen molar-refractivity contribution in [3.05, 3.63) is 29.6 Å². The fourth-order valence-electron chi connectivity index (χ4n) is 1.43. The van der Waals surface area contributed by atoms with Crippen molar-refractivity contribution in [3.8, 4) is 17.4 Å². The molecule has 2 rings (SSSR count). The lowest BCUT2D eigenvalue weighted by atomic mass is 10.1. The lowest BCUT2D eigenvalue weighted by molar-refractivity contribution is 0.379. The third-order valence-electron chi connectivity index (χ3n) is 2.32. The third kappa shape index (κ3) is 2.15. The molecule has 88 valence electrons. The number of anilines is 1. The maximum atomic E-state index is 13.4. The van der Waals surface area contributed by atoms with Crippen LogP contribution in [-0.4, -0.2) is 22.1 Å². The first kappa shape index (κ1) is 11.3. The zero-order valence-corrected chi connectivity index (χ0v) is 9.44. The van der Waals surface area contributed by atoms with Gasteiger partial charge in [-0.1, -0.05) is 12.1 Å². The Morgan fingerprint density at radius 2 is 2.00 bits per heavy atom. The van der Waals surface area contributed by atoms with Crippen LogP contribution in [0.25, 0.3) is 11.4 Å². The molecule has 0 amide bonds. The van der Waals surface area contributed by atoms with Crippen LogP contribution in [-0.2, 0) is 0 Å². The molecule has 1 heterocycles. The summed E-state index contributed by atoms with van der Waals surface area (Å²) >= 11 is 0. The molecule has 5 nitrogen and oxygen atoms in total. The summed E-state index contributed by atoms with van der Waals surface area (Å²) in [6, 6.07) is 4.79. The van der Waals surface area contributed by atoms with E-state index in [-0.39, 0.29) is 17.8 Å². The number of methoxy groups -OCH3 is 1. The van der Waals surface area contributed by atoms with Crippen LogP contribution < -0.4 is 10.5 Å². The molecule has 0 radical (unpaired) electrons.